The lowest BCUT2D eigenvalue weighted by atomic mass is 10.2. The first-order valence-corrected chi connectivity index (χ1v) is 10.3. The topological polar surface area (TPSA) is 92.7 Å². The smallest absolute Gasteiger partial charge is 0.176 e. The summed E-state index contributed by atoms with van der Waals surface area (Å²) in [6.45, 7) is 0. The second-order valence-corrected chi connectivity index (χ2v) is 8.98. The predicted octanol–water partition coefficient (Wildman–Crippen LogP) is 1.94. The Labute approximate surface area is 135 Å². The van der Waals surface area contributed by atoms with E-state index in [1.165, 1.54) is 18.3 Å². The number of hydrazone groups is 1. The molecule has 23 heavy (non-hydrogen) atoms. The van der Waals surface area contributed by atoms with Crippen LogP contribution >= 0.6 is 0 Å². The van der Waals surface area contributed by atoms with Gasteiger partial charge in [-0.05, 0) is 24.3 Å². The van der Waals surface area contributed by atoms with Crippen molar-refractivity contribution in [3.05, 3.63) is 54.1 Å². The van der Waals surface area contributed by atoms with Crippen LogP contribution in [0.5, 0.6) is 0 Å². The maximum Gasteiger partial charge on any atom is 0.176 e. The molecule has 0 amide bonds. The third-order valence-electron chi connectivity index (χ3n) is 2.98. The van der Waals surface area contributed by atoms with E-state index in [0.717, 1.165) is 24.3 Å². The van der Waals surface area contributed by atoms with Gasteiger partial charge in [0.05, 0.1) is 21.7 Å². The van der Waals surface area contributed by atoms with Crippen molar-refractivity contribution < 1.29 is 16.8 Å². The summed E-state index contributed by atoms with van der Waals surface area (Å²) in [5.41, 5.74) is 3.83. The van der Waals surface area contributed by atoms with Crippen LogP contribution in [0.1, 0.15) is 5.56 Å². The summed E-state index contributed by atoms with van der Waals surface area (Å²) in [7, 11) is -7.09. The first-order valence-electron chi connectivity index (χ1n) is 6.56. The van der Waals surface area contributed by atoms with E-state index in [4.69, 9.17) is 0 Å². The Kier molecular flexibility index (Phi) is 4.86. The van der Waals surface area contributed by atoms with Crippen LogP contribution in [0, 0.1) is 0 Å². The summed E-state index contributed by atoms with van der Waals surface area (Å²) in [5, 5.41) is 3.99. The van der Waals surface area contributed by atoms with Gasteiger partial charge in [0.1, 0.15) is 0 Å². The second kappa shape index (κ2) is 6.51. The standard InChI is InChI=1S/C15H16N2O4S2/c1-22(18,19)14-9-8-12(15(10-14)23(2,20)21)11-16-17-13-6-4-3-5-7-13/h3-11,17H,1-2H3. The van der Waals surface area contributed by atoms with Crippen LogP contribution in [0.25, 0.3) is 0 Å². The van der Waals surface area contributed by atoms with E-state index < -0.39 is 19.7 Å². The molecule has 0 radical (unpaired) electrons. The van der Waals surface area contributed by atoms with Crippen LogP contribution in [0.4, 0.5) is 5.69 Å². The van der Waals surface area contributed by atoms with E-state index in [0.29, 0.717) is 5.56 Å². The maximum atomic E-state index is 11.9. The Morgan fingerprint density at radius 1 is 0.913 bits per heavy atom. The predicted molar refractivity (Wildman–Crippen MR) is 90.3 cm³/mol. The number of anilines is 1. The van der Waals surface area contributed by atoms with Gasteiger partial charge >= 0.3 is 0 Å². The van der Waals surface area contributed by atoms with Crippen LogP contribution < -0.4 is 5.43 Å². The number of nitrogens with one attached hydrogen (secondary N) is 1. The van der Waals surface area contributed by atoms with Gasteiger partial charge in [0, 0.05) is 18.1 Å². The fourth-order valence-corrected chi connectivity index (χ4v) is 3.47. The van der Waals surface area contributed by atoms with E-state index in [2.05, 4.69) is 10.5 Å². The van der Waals surface area contributed by atoms with E-state index >= 15 is 0 Å². The summed E-state index contributed by atoms with van der Waals surface area (Å²) in [6.07, 6.45) is 3.39. The van der Waals surface area contributed by atoms with Gasteiger partial charge in [0.2, 0.25) is 0 Å². The van der Waals surface area contributed by atoms with Crippen molar-refractivity contribution in [3.63, 3.8) is 0 Å². The number of nitrogens with zero attached hydrogens (tertiary/aromatic N) is 1. The molecule has 0 unspecified atom stereocenters. The molecule has 0 saturated heterocycles. The highest BCUT2D eigenvalue weighted by Gasteiger charge is 2.16. The van der Waals surface area contributed by atoms with Crippen LogP contribution in [-0.2, 0) is 19.7 Å². The minimum absolute atomic E-state index is 0.0499. The Hall–Kier alpha value is -2.19. The highest BCUT2D eigenvalue weighted by atomic mass is 32.2. The van der Waals surface area contributed by atoms with Crippen molar-refractivity contribution in [2.24, 2.45) is 5.10 Å². The van der Waals surface area contributed by atoms with Gasteiger partial charge < -0.3 is 0 Å². The molecular weight excluding hydrogens is 336 g/mol. The number of rotatable bonds is 5. The molecule has 0 fully saturated rings. The lowest BCUT2D eigenvalue weighted by Gasteiger charge is -2.06. The molecule has 122 valence electrons. The zero-order chi connectivity index (χ0) is 17.1. The van der Waals surface area contributed by atoms with Crippen LogP contribution in [0.3, 0.4) is 0 Å². The quantitative estimate of drug-likeness (QED) is 0.656. The molecule has 2 aromatic rings. The fourth-order valence-electron chi connectivity index (χ4n) is 1.86. The molecule has 6 nitrogen and oxygen atoms in total. The number of sulfone groups is 2. The number of hydrogen-bond acceptors (Lipinski definition) is 6. The maximum absolute atomic E-state index is 11.9. The minimum atomic E-state index is -3.59. The molecule has 2 aromatic carbocycles. The molecule has 0 saturated carbocycles. The first-order chi connectivity index (χ1) is 10.7. The van der Waals surface area contributed by atoms with Crippen LogP contribution in [0.15, 0.2) is 63.4 Å². The van der Waals surface area contributed by atoms with Crippen molar-refractivity contribution in [1.29, 1.82) is 0 Å². The van der Waals surface area contributed by atoms with Gasteiger partial charge in [-0.1, -0.05) is 24.3 Å². The molecular formula is C15H16N2O4S2. The van der Waals surface area contributed by atoms with Crippen molar-refractivity contribution in [3.8, 4) is 0 Å². The Balaban J connectivity index is 2.38. The summed E-state index contributed by atoms with van der Waals surface area (Å²) < 4.78 is 46.9. The molecule has 0 spiro atoms. The molecule has 8 heteroatoms. The van der Waals surface area contributed by atoms with Gasteiger partial charge in [-0.25, -0.2) is 16.8 Å². The molecule has 1 N–H and O–H groups in total. The Bertz CT molecular complexity index is 935. The van der Waals surface area contributed by atoms with Crippen molar-refractivity contribution in [1.82, 2.24) is 0 Å². The zero-order valence-electron chi connectivity index (χ0n) is 12.6. The van der Waals surface area contributed by atoms with Gasteiger partial charge in [0.15, 0.2) is 19.7 Å². The fraction of sp³-hybridized carbons (Fsp3) is 0.133. The molecule has 0 aromatic heterocycles. The molecule has 0 aliphatic carbocycles. The molecule has 0 aliphatic rings. The van der Waals surface area contributed by atoms with Crippen molar-refractivity contribution in [2.75, 3.05) is 17.9 Å². The first kappa shape index (κ1) is 17.2. The van der Waals surface area contributed by atoms with Crippen molar-refractivity contribution in [2.45, 2.75) is 9.79 Å². The molecule has 2 rings (SSSR count). The lowest BCUT2D eigenvalue weighted by Crippen LogP contribution is -2.06. The van der Waals surface area contributed by atoms with E-state index in [-0.39, 0.29) is 9.79 Å². The Morgan fingerprint density at radius 2 is 1.57 bits per heavy atom. The van der Waals surface area contributed by atoms with E-state index in [9.17, 15) is 16.8 Å². The van der Waals surface area contributed by atoms with Crippen LogP contribution in [-0.4, -0.2) is 35.6 Å². The average molecular weight is 352 g/mol. The monoisotopic (exact) mass is 352 g/mol. The number of para-hydroxylation sites is 1. The highest BCUT2D eigenvalue weighted by Crippen LogP contribution is 2.19. The summed E-state index contributed by atoms with van der Waals surface area (Å²) in [4.78, 5) is -0.134. The molecule has 0 bridgehead atoms. The van der Waals surface area contributed by atoms with Crippen molar-refractivity contribution >= 4 is 31.6 Å². The van der Waals surface area contributed by atoms with E-state index in [1.54, 1.807) is 0 Å². The lowest BCUT2D eigenvalue weighted by molar-refractivity contribution is 0.600. The SMILES string of the molecule is CS(=O)(=O)c1ccc(C=NNc2ccccc2)c(S(C)(=O)=O)c1. The summed E-state index contributed by atoms with van der Waals surface area (Å²) >= 11 is 0. The molecule has 0 heterocycles. The third-order valence-corrected chi connectivity index (χ3v) is 5.25. The summed E-state index contributed by atoms with van der Waals surface area (Å²) in [6, 6.07) is 13.1. The number of hydrogen-bond donors (Lipinski definition) is 1. The van der Waals surface area contributed by atoms with Gasteiger partial charge in [-0.2, -0.15) is 5.10 Å². The Morgan fingerprint density at radius 3 is 2.13 bits per heavy atom. The van der Waals surface area contributed by atoms with Gasteiger partial charge in [-0.3, -0.25) is 5.43 Å². The minimum Gasteiger partial charge on any atom is -0.279 e. The highest BCUT2D eigenvalue weighted by molar-refractivity contribution is 7.91. The van der Waals surface area contributed by atoms with Crippen LogP contribution in [0.2, 0.25) is 0 Å². The average Bonchev–Trinajstić information content (AvgIpc) is 2.46. The number of benzene rings is 2. The normalized spacial score (nSPS) is 12.4. The third kappa shape index (κ3) is 4.64. The van der Waals surface area contributed by atoms with E-state index in [1.807, 2.05) is 30.3 Å². The molecule has 0 aliphatic heterocycles. The summed E-state index contributed by atoms with van der Waals surface area (Å²) in [5.74, 6) is 0. The van der Waals surface area contributed by atoms with Gasteiger partial charge in [-0.15, -0.1) is 0 Å². The largest absolute Gasteiger partial charge is 0.279 e. The zero-order valence-corrected chi connectivity index (χ0v) is 14.2. The van der Waals surface area contributed by atoms with Gasteiger partial charge in [0.25, 0.3) is 0 Å². The molecule has 0 atom stereocenters. The second-order valence-electron chi connectivity index (χ2n) is 4.98.